The van der Waals surface area contributed by atoms with Crippen LogP contribution < -0.4 is 0 Å². The first-order chi connectivity index (χ1) is 8.65. The number of hydrogen-bond donors (Lipinski definition) is 0. The van der Waals surface area contributed by atoms with E-state index in [1.807, 2.05) is 0 Å². The Morgan fingerprint density at radius 2 is 2.00 bits per heavy atom. The molecule has 0 radical (unpaired) electrons. The van der Waals surface area contributed by atoms with E-state index in [4.69, 9.17) is 4.74 Å². The second-order valence-corrected chi connectivity index (χ2v) is 8.33. The summed E-state index contributed by atoms with van der Waals surface area (Å²) in [6.07, 6.45) is 8.20. The molecular formula is C15H24OSi2. The summed E-state index contributed by atoms with van der Waals surface area (Å²) in [4.78, 5) is 0. The summed E-state index contributed by atoms with van der Waals surface area (Å²) in [7, 11) is 2.26. The van der Waals surface area contributed by atoms with Gasteiger partial charge in [0.2, 0.25) is 0 Å². The van der Waals surface area contributed by atoms with Crippen LogP contribution in [-0.2, 0) is 9.96 Å². The molecule has 2 atom stereocenters. The highest BCUT2D eigenvalue weighted by Gasteiger charge is 2.29. The van der Waals surface area contributed by atoms with Gasteiger partial charge in [0, 0.05) is 27.1 Å². The molecule has 0 saturated carbocycles. The lowest BCUT2D eigenvalue weighted by Gasteiger charge is -2.34. The van der Waals surface area contributed by atoms with Gasteiger partial charge in [-0.3, -0.25) is 0 Å². The monoisotopic (exact) mass is 276 g/mol. The molecular weight excluding hydrogens is 252 g/mol. The van der Waals surface area contributed by atoms with Gasteiger partial charge < -0.3 is 4.74 Å². The van der Waals surface area contributed by atoms with Crippen molar-refractivity contribution in [3.8, 4) is 0 Å². The molecule has 18 heavy (non-hydrogen) atoms. The minimum absolute atomic E-state index is 0.0814. The van der Waals surface area contributed by atoms with Gasteiger partial charge in [0.05, 0.1) is 5.22 Å². The molecule has 1 aliphatic heterocycles. The van der Waals surface area contributed by atoms with Crippen molar-refractivity contribution in [2.75, 3.05) is 6.61 Å². The highest BCUT2D eigenvalue weighted by Crippen LogP contribution is 2.32. The third-order valence-electron chi connectivity index (χ3n) is 4.00. The molecule has 1 aromatic carbocycles. The maximum Gasteiger partial charge on any atom is 0.0723 e. The Labute approximate surface area is 116 Å². The van der Waals surface area contributed by atoms with Gasteiger partial charge in [0.15, 0.2) is 0 Å². The lowest BCUT2D eigenvalue weighted by molar-refractivity contribution is -0.0210. The van der Waals surface area contributed by atoms with E-state index in [9.17, 15) is 0 Å². The minimum Gasteiger partial charge on any atom is -0.375 e. The number of rotatable bonds is 3. The average molecular weight is 277 g/mol. The highest BCUT2D eigenvalue weighted by molar-refractivity contribution is 6.15. The van der Waals surface area contributed by atoms with Crippen LogP contribution >= 0.6 is 0 Å². The molecule has 0 amide bonds. The first kappa shape index (κ1) is 13.8. The first-order valence-corrected chi connectivity index (χ1v) is 9.18. The third kappa shape index (κ3) is 3.02. The van der Waals surface area contributed by atoms with Crippen molar-refractivity contribution in [1.29, 1.82) is 0 Å². The van der Waals surface area contributed by atoms with Gasteiger partial charge in [-0.2, -0.15) is 0 Å². The summed E-state index contributed by atoms with van der Waals surface area (Å²) < 4.78 is 6.06. The van der Waals surface area contributed by atoms with E-state index in [1.165, 1.54) is 40.6 Å². The maximum absolute atomic E-state index is 6.06. The van der Waals surface area contributed by atoms with Gasteiger partial charge >= 0.3 is 0 Å². The van der Waals surface area contributed by atoms with Crippen LogP contribution in [0, 0.1) is 0 Å². The Morgan fingerprint density at radius 3 is 2.56 bits per heavy atom. The summed E-state index contributed by atoms with van der Waals surface area (Å²) in [5.74, 6) is 0. The van der Waals surface area contributed by atoms with Gasteiger partial charge in [0.25, 0.3) is 0 Å². The van der Waals surface area contributed by atoms with Gasteiger partial charge in [-0.15, -0.1) is 0 Å². The molecule has 1 aliphatic rings. The first-order valence-electron chi connectivity index (χ1n) is 7.03. The Balaban J connectivity index is 2.16. The van der Waals surface area contributed by atoms with Crippen molar-refractivity contribution in [3.05, 3.63) is 47.5 Å². The lowest BCUT2D eigenvalue weighted by atomic mass is 9.98. The molecule has 1 nitrogen and oxygen atoms in total. The van der Waals surface area contributed by atoms with Crippen molar-refractivity contribution in [2.24, 2.45) is 0 Å². The minimum atomic E-state index is 0.0814. The molecule has 0 N–H and O–H groups in total. The molecule has 1 fully saturated rings. The van der Waals surface area contributed by atoms with Crippen LogP contribution in [0.5, 0.6) is 0 Å². The van der Waals surface area contributed by atoms with Crippen LogP contribution in [0.4, 0.5) is 0 Å². The van der Waals surface area contributed by atoms with E-state index in [0.717, 1.165) is 16.8 Å². The molecule has 0 bridgehead atoms. The summed E-state index contributed by atoms with van der Waals surface area (Å²) in [6, 6.07) is 9.18. The van der Waals surface area contributed by atoms with Crippen molar-refractivity contribution in [3.63, 3.8) is 0 Å². The van der Waals surface area contributed by atoms with E-state index in [0.29, 0.717) is 5.54 Å². The number of ether oxygens (including phenoxy) is 1. The second-order valence-electron chi connectivity index (χ2n) is 5.47. The van der Waals surface area contributed by atoms with E-state index < -0.39 is 0 Å². The molecule has 98 valence electrons. The normalized spacial score (nSPS) is 26.7. The topological polar surface area (TPSA) is 9.23 Å². The van der Waals surface area contributed by atoms with Gasteiger partial charge in [0.1, 0.15) is 0 Å². The standard InChI is InChI=1S/C15H24OSi2/c1-2-5-14(17)12-6-8-13(9-7-12)15(18)10-3-4-11-16-15/h2,5-9,14H,3-4,10-11H2,1,17-18H3. The quantitative estimate of drug-likeness (QED) is 0.599. The van der Waals surface area contributed by atoms with E-state index in [2.05, 4.69) is 43.3 Å². The van der Waals surface area contributed by atoms with Crippen molar-refractivity contribution < 1.29 is 4.74 Å². The molecule has 2 unspecified atom stereocenters. The summed E-state index contributed by atoms with van der Waals surface area (Å²) in [5.41, 5.74) is 3.48. The smallest absolute Gasteiger partial charge is 0.0723 e. The zero-order valence-electron chi connectivity index (χ0n) is 11.8. The van der Waals surface area contributed by atoms with Crippen LogP contribution in [0.3, 0.4) is 0 Å². The number of allylic oxidation sites excluding steroid dienone is 2. The second kappa shape index (κ2) is 6.00. The molecule has 0 aliphatic carbocycles. The molecule has 3 heteroatoms. The maximum atomic E-state index is 6.06. The van der Waals surface area contributed by atoms with Crippen LogP contribution in [0.2, 0.25) is 0 Å². The molecule has 0 spiro atoms. The fraction of sp³-hybridized carbons (Fsp3) is 0.467. The van der Waals surface area contributed by atoms with Crippen LogP contribution in [0.25, 0.3) is 0 Å². The summed E-state index contributed by atoms with van der Waals surface area (Å²) >= 11 is 0. The zero-order valence-corrected chi connectivity index (χ0v) is 15.8. The van der Waals surface area contributed by atoms with E-state index >= 15 is 0 Å². The summed E-state index contributed by atoms with van der Waals surface area (Å²) in [6.45, 7) is 3.04. The summed E-state index contributed by atoms with van der Waals surface area (Å²) in [5, 5.41) is 0.0814. The zero-order chi connectivity index (χ0) is 13.0. The van der Waals surface area contributed by atoms with Crippen molar-refractivity contribution >= 4 is 20.5 Å². The van der Waals surface area contributed by atoms with Crippen LogP contribution in [-0.4, -0.2) is 27.1 Å². The molecule has 2 rings (SSSR count). The Kier molecular flexibility index (Phi) is 4.59. The van der Waals surface area contributed by atoms with E-state index in [1.54, 1.807) is 0 Å². The largest absolute Gasteiger partial charge is 0.375 e. The fourth-order valence-corrected chi connectivity index (χ4v) is 4.36. The fourth-order valence-electron chi connectivity index (χ4n) is 2.70. The average Bonchev–Trinajstić information content (AvgIpc) is 2.40. The highest BCUT2D eigenvalue weighted by atomic mass is 28.1. The number of hydrogen-bond acceptors (Lipinski definition) is 1. The Hall–Kier alpha value is -0.646. The van der Waals surface area contributed by atoms with E-state index in [-0.39, 0.29) is 5.22 Å². The van der Waals surface area contributed by atoms with Crippen molar-refractivity contribution in [2.45, 2.75) is 37.0 Å². The molecule has 1 aromatic rings. The third-order valence-corrected chi connectivity index (χ3v) is 6.41. The van der Waals surface area contributed by atoms with Crippen LogP contribution in [0.1, 0.15) is 42.9 Å². The van der Waals surface area contributed by atoms with Gasteiger partial charge in [-0.1, -0.05) is 36.4 Å². The Morgan fingerprint density at radius 1 is 1.28 bits per heavy atom. The lowest BCUT2D eigenvalue weighted by Crippen LogP contribution is -2.33. The van der Waals surface area contributed by atoms with Gasteiger partial charge in [-0.05, 0) is 42.9 Å². The predicted octanol–water partition coefficient (Wildman–Crippen LogP) is 1.39. The Bertz CT molecular complexity index is 405. The molecule has 1 saturated heterocycles. The predicted molar refractivity (Wildman–Crippen MR) is 85.4 cm³/mol. The van der Waals surface area contributed by atoms with Crippen molar-refractivity contribution in [1.82, 2.24) is 0 Å². The van der Waals surface area contributed by atoms with Gasteiger partial charge in [-0.25, -0.2) is 0 Å². The SMILES string of the molecule is CC=CC([SiH3])c1ccc(C2([SiH3])CCCCO2)cc1. The number of benzene rings is 1. The van der Waals surface area contributed by atoms with Crippen LogP contribution in [0.15, 0.2) is 36.4 Å². The molecule has 1 heterocycles. The molecule has 0 aromatic heterocycles.